The van der Waals surface area contributed by atoms with E-state index in [0.717, 1.165) is 0 Å². The lowest BCUT2D eigenvalue weighted by Crippen LogP contribution is -2.48. The molecule has 0 saturated heterocycles. The number of esters is 1. The predicted octanol–water partition coefficient (Wildman–Crippen LogP) is 0.393. The molecule has 2 atom stereocenters. The Bertz CT molecular complexity index is 573. The van der Waals surface area contributed by atoms with Gasteiger partial charge in [0.2, 0.25) is 6.41 Å². The lowest BCUT2D eigenvalue weighted by Gasteiger charge is -2.20. The maximum Gasteiger partial charge on any atom is 0.331 e. The molecule has 1 rings (SSSR count). The number of para-hydroxylation sites is 1. The SMILES string of the molecule is CCCOC(=O)[C@@H](NC(=O)c1cccc(NC=O)c1O)[C@@H](C)O. The summed E-state index contributed by atoms with van der Waals surface area (Å²) >= 11 is 0. The molecule has 0 aliphatic rings. The second kappa shape index (κ2) is 8.74. The summed E-state index contributed by atoms with van der Waals surface area (Å²) in [4.78, 5) is 34.5. The molecule has 0 radical (unpaired) electrons. The van der Waals surface area contributed by atoms with Gasteiger partial charge in [-0.2, -0.15) is 0 Å². The Labute approximate surface area is 133 Å². The predicted molar refractivity (Wildman–Crippen MR) is 82.0 cm³/mol. The standard InChI is InChI=1S/C15H20N2O6/c1-3-7-23-15(22)12(9(2)19)17-14(21)10-5-4-6-11(13(10)20)16-8-18/h4-6,8-9,12,19-20H,3,7H2,1-2H3,(H,16,18)(H,17,21)/t9-,12+/m1/s1. The number of rotatable bonds is 8. The van der Waals surface area contributed by atoms with Gasteiger partial charge in [-0.25, -0.2) is 4.79 Å². The third kappa shape index (κ3) is 4.96. The lowest BCUT2D eigenvalue weighted by atomic mass is 10.1. The normalized spacial score (nSPS) is 12.8. The number of nitrogens with one attached hydrogen (secondary N) is 2. The van der Waals surface area contributed by atoms with E-state index in [9.17, 15) is 24.6 Å². The number of phenols is 1. The molecule has 0 aromatic heterocycles. The molecule has 23 heavy (non-hydrogen) atoms. The fourth-order valence-electron chi connectivity index (χ4n) is 1.79. The number of phenolic OH excluding ortho intramolecular Hbond substituents is 1. The molecule has 1 aromatic carbocycles. The molecule has 8 heteroatoms. The van der Waals surface area contributed by atoms with Crippen molar-refractivity contribution in [3.05, 3.63) is 23.8 Å². The number of ether oxygens (including phenoxy) is 1. The minimum atomic E-state index is -1.27. The van der Waals surface area contributed by atoms with Gasteiger partial charge in [0.05, 0.1) is 24.0 Å². The van der Waals surface area contributed by atoms with Gasteiger partial charge in [0, 0.05) is 0 Å². The second-order valence-corrected chi connectivity index (χ2v) is 4.82. The van der Waals surface area contributed by atoms with Gasteiger partial charge in [-0.15, -0.1) is 0 Å². The summed E-state index contributed by atoms with van der Waals surface area (Å²) < 4.78 is 4.91. The van der Waals surface area contributed by atoms with Gasteiger partial charge in [-0.3, -0.25) is 9.59 Å². The molecule has 0 aliphatic carbocycles. The van der Waals surface area contributed by atoms with Crippen molar-refractivity contribution in [3.8, 4) is 5.75 Å². The smallest absolute Gasteiger partial charge is 0.331 e. The van der Waals surface area contributed by atoms with Crippen LogP contribution in [0.5, 0.6) is 5.75 Å². The number of aliphatic hydroxyl groups is 1. The molecule has 2 amide bonds. The number of aliphatic hydroxyl groups excluding tert-OH is 1. The highest BCUT2D eigenvalue weighted by Gasteiger charge is 2.28. The van der Waals surface area contributed by atoms with E-state index in [-0.39, 0.29) is 17.9 Å². The average molecular weight is 324 g/mol. The van der Waals surface area contributed by atoms with E-state index < -0.39 is 29.8 Å². The summed E-state index contributed by atoms with van der Waals surface area (Å²) in [7, 11) is 0. The van der Waals surface area contributed by atoms with Crippen LogP contribution in [0.25, 0.3) is 0 Å². The van der Waals surface area contributed by atoms with Crippen LogP contribution >= 0.6 is 0 Å². The van der Waals surface area contributed by atoms with Crippen LogP contribution in [-0.2, 0) is 14.3 Å². The first-order chi connectivity index (χ1) is 10.9. The highest BCUT2D eigenvalue weighted by atomic mass is 16.5. The molecule has 0 fully saturated rings. The maximum absolute atomic E-state index is 12.2. The number of carbonyl (C=O) groups excluding carboxylic acids is 3. The topological polar surface area (TPSA) is 125 Å². The maximum atomic E-state index is 12.2. The summed E-state index contributed by atoms with van der Waals surface area (Å²) in [6.45, 7) is 3.32. The van der Waals surface area contributed by atoms with Gasteiger partial charge in [0.15, 0.2) is 11.8 Å². The summed E-state index contributed by atoms with van der Waals surface area (Å²) in [5.74, 6) is -1.99. The Kier molecular flexibility index (Phi) is 7.01. The third-order valence-electron chi connectivity index (χ3n) is 2.97. The number of amides is 2. The van der Waals surface area contributed by atoms with Crippen molar-refractivity contribution in [1.29, 1.82) is 0 Å². The van der Waals surface area contributed by atoms with Crippen LogP contribution < -0.4 is 10.6 Å². The van der Waals surface area contributed by atoms with Crippen molar-refractivity contribution in [3.63, 3.8) is 0 Å². The summed E-state index contributed by atoms with van der Waals surface area (Å²) in [6, 6.07) is 2.91. The van der Waals surface area contributed by atoms with Gasteiger partial charge in [-0.05, 0) is 25.5 Å². The van der Waals surface area contributed by atoms with Crippen molar-refractivity contribution in [2.75, 3.05) is 11.9 Å². The molecule has 1 aromatic rings. The van der Waals surface area contributed by atoms with Gasteiger partial charge in [0.25, 0.3) is 5.91 Å². The van der Waals surface area contributed by atoms with Crippen LogP contribution in [0.3, 0.4) is 0 Å². The number of aromatic hydroxyl groups is 1. The minimum Gasteiger partial charge on any atom is -0.505 e. The van der Waals surface area contributed by atoms with Crippen molar-refractivity contribution in [2.24, 2.45) is 0 Å². The number of hydrogen-bond donors (Lipinski definition) is 4. The summed E-state index contributed by atoms with van der Waals surface area (Å²) in [5, 5.41) is 24.2. The number of carbonyl (C=O) groups is 3. The van der Waals surface area contributed by atoms with E-state index >= 15 is 0 Å². The molecule has 8 nitrogen and oxygen atoms in total. The molecule has 4 N–H and O–H groups in total. The first-order valence-electron chi connectivity index (χ1n) is 7.10. The zero-order valence-corrected chi connectivity index (χ0v) is 12.9. The van der Waals surface area contributed by atoms with Crippen molar-refractivity contribution >= 4 is 24.0 Å². The molecule has 126 valence electrons. The fraction of sp³-hybridized carbons (Fsp3) is 0.400. The molecular weight excluding hydrogens is 304 g/mol. The average Bonchev–Trinajstić information content (AvgIpc) is 2.51. The summed E-state index contributed by atoms with van der Waals surface area (Å²) in [6.07, 6.45) is -0.217. The number of hydrogen-bond acceptors (Lipinski definition) is 6. The Morgan fingerprint density at radius 1 is 1.39 bits per heavy atom. The zero-order valence-electron chi connectivity index (χ0n) is 12.9. The second-order valence-electron chi connectivity index (χ2n) is 4.82. The monoisotopic (exact) mass is 324 g/mol. The van der Waals surface area contributed by atoms with E-state index in [1.807, 2.05) is 6.92 Å². The molecule has 0 heterocycles. The van der Waals surface area contributed by atoms with E-state index in [4.69, 9.17) is 4.74 Å². The van der Waals surface area contributed by atoms with Crippen molar-refractivity contribution in [1.82, 2.24) is 5.32 Å². The van der Waals surface area contributed by atoms with Gasteiger partial charge in [-0.1, -0.05) is 13.0 Å². The highest BCUT2D eigenvalue weighted by Crippen LogP contribution is 2.27. The van der Waals surface area contributed by atoms with Crippen LogP contribution in [0.2, 0.25) is 0 Å². The number of anilines is 1. The lowest BCUT2D eigenvalue weighted by molar-refractivity contribution is -0.148. The molecular formula is C15H20N2O6. The summed E-state index contributed by atoms with van der Waals surface area (Å²) in [5.41, 5.74) is -0.0967. The molecule has 0 spiro atoms. The largest absolute Gasteiger partial charge is 0.505 e. The Morgan fingerprint density at radius 3 is 2.65 bits per heavy atom. The van der Waals surface area contributed by atoms with E-state index in [2.05, 4.69) is 10.6 Å². The Hall–Kier alpha value is -2.61. The van der Waals surface area contributed by atoms with Crippen LogP contribution in [0.1, 0.15) is 30.6 Å². The van der Waals surface area contributed by atoms with Gasteiger partial charge < -0.3 is 25.6 Å². The number of benzene rings is 1. The molecule has 0 aliphatic heterocycles. The van der Waals surface area contributed by atoms with Crippen molar-refractivity contribution < 1.29 is 29.3 Å². The molecule has 0 unspecified atom stereocenters. The molecule has 0 bridgehead atoms. The first kappa shape index (κ1) is 18.4. The van der Waals surface area contributed by atoms with E-state index in [1.54, 1.807) is 0 Å². The third-order valence-corrected chi connectivity index (χ3v) is 2.97. The van der Waals surface area contributed by atoms with Gasteiger partial charge in [0.1, 0.15) is 0 Å². The molecule has 0 saturated carbocycles. The van der Waals surface area contributed by atoms with Gasteiger partial charge >= 0.3 is 5.97 Å². The van der Waals surface area contributed by atoms with Crippen LogP contribution in [0.15, 0.2) is 18.2 Å². The van der Waals surface area contributed by atoms with Crippen LogP contribution in [-0.4, -0.2) is 47.3 Å². The first-order valence-corrected chi connectivity index (χ1v) is 7.10. The Balaban J connectivity index is 2.93. The van der Waals surface area contributed by atoms with Crippen LogP contribution in [0.4, 0.5) is 5.69 Å². The quantitative estimate of drug-likeness (QED) is 0.311. The van der Waals surface area contributed by atoms with E-state index in [1.165, 1.54) is 25.1 Å². The van der Waals surface area contributed by atoms with Crippen molar-refractivity contribution in [2.45, 2.75) is 32.4 Å². The van der Waals surface area contributed by atoms with E-state index in [0.29, 0.717) is 12.8 Å². The van der Waals surface area contributed by atoms with Crippen LogP contribution in [0, 0.1) is 0 Å². The fourth-order valence-corrected chi connectivity index (χ4v) is 1.79. The zero-order chi connectivity index (χ0) is 17.4. The Morgan fingerprint density at radius 2 is 2.09 bits per heavy atom. The minimum absolute atomic E-state index is 0.0507. The highest BCUT2D eigenvalue weighted by molar-refractivity contribution is 6.01.